The number of carbonyl (C=O) groups is 3. The van der Waals surface area contributed by atoms with Gasteiger partial charge in [-0.15, -0.1) is 0 Å². The van der Waals surface area contributed by atoms with Crippen molar-refractivity contribution in [3.63, 3.8) is 0 Å². The number of carbonyl (C=O) groups excluding carboxylic acids is 2. The Labute approximate surface area is 193 Å². The van der Waals surface area contributed by atoms with Crippen molar-refractivity contribution in [3.05, 3.63) is 47.5 Å². The molecule has 0 aliphatic heterocycles. The highest BCUT2D eigenvalue weighted by Gasteiger charge is 2.40. The molecule has 2 N–H and O–H groups in total. The van der Waals surface area contributed by atoms with Crippen molar-refractivity contribution in [3.8, 4) is 0 Å². The summed E-state index contributed by atoms with van der Waals surface area (Å²) in [5.74, 6) is -1.75. The molecule has 0 spiro atoms. The summed E-state index contributed by atoms with van der Waals surface area (Å²) in [6.45, 7) is 15.1. The van der Waals surface area contributed by atoms with E-state index in [2.05, 4.69) is 19.2 Å². The Balaban J connectivity index is 3.18. The lowest BCUT2D eigenvalue weighted by Crippen LogP contribution is -2.57. The fourth-order valence-corrected chi connectivity index (χ4v) is 3.93. The van der Waals surface area contributed by atoms with Crippen LogP contribution in [-0.4, -0.2) is 46.9 Å². The maximum absolute atomic E-state index is 13.4. The largest absolute Gasteiger partial charge is 0.478 e. The number of aliphatic carboxylic acids is 1. The van der Waals surface area contributed by atoms with Crippen molar-refractivity contribution in [1.29, 1.82) is 0 Å². The molecule has 0 aliphatic rings. The molecular weight excluding hydrogens is 404 g/mol. The van der Waals surface area contributed by atoms with Gasteiger partial charge in [-0.05, 0) is 31.2 Å². The van der Waals surface area contributed by atoms with E-state index in [1.807, 2.05) is 58.0 Å². The molecule has 2 amide bonds. The van der Waals surface area contributed by atoms with E-state index in [-0.39, 0.29) is 23.3 Å². The average Bonchev–Trinajstić information content (AvgIpc) is 2.70. The van der Waals surface area contributed by atoms with Crippen molar-refractivity contribution in [2.75, 3.05) is 7.05 Å². The Morgan fingerprint density at radius 3 is 2.06 bits per heavy atom. The van der Waals surface area contributed by atoms with Crippen molar-refractivity contribution < 1.29 is 19.5 Å². The number of amides is 2. The van der Waals surface area contributed by atoms with Crippen LogP contribution in [0.15, 0.2) is 42.0 Å². The minimum absolute atomic E-state index is 0.159. The Morgan fingerprint density at radius 2 is 1.62 bits per heavy atom. The van der Waals surface area contributed by atoms with E-state index in [0.717, 1.165) is 5.56 Å². The monoisotopic (exact) mass is 444 g/mol. The fraction of sp³-hybridized carbons (Fsp3) is 0.577. The molecule has 1 aromatic carbocycles. The number of likely N-dealkylation sites (N-methyl/N-ethyl adjacent to an activating group) is 1. The molecule has 0 saturated carbocycles. The van der Waals surface area contributed by atoms with E-state index < -0.39 is 28.9 Å². The van der Waals surface area contributed by atoms with Gasteiger partial charge in [0.25, 0.3) is 0 Å². The van der Waals surface area contributed by atoms with Crippen molar-refractivity contribution in [2.45, 2.75) is 79.3 Å². The van der Waals surface area contributed by atoms with Gasteiger partial charge in [0.15, 0.2) is 0 Å². The zero-order chi connectivity index (χ0) is 24.9. The number of carboxylic acids is 1. The molecule has 1 rings (SSSR count). The molecule has 0 fully saturated rings. The van der Waals surface area contributed by atoms with Gasteiger partial charge in [-0.25, -0.2) is 4.79 Å². The molecule has 178 valence electrons. The summed E-state index contributed by atoms with van der Waals surface area (Å²) in [7, 11) is 1.63. The number of nitrogens with one attached hydrogen (secondary N) is 1. The first-order chi connectivity index (χ1) is 14.6. The van der Waals surface area contributed by atoms with Crippen molar-refractivity contribution >= 4 is 17.8 Å². The van der Waals surface area contributed by atoms with Gasteiger partial charge in [0.2, 0.25) is 11.8 Å². The van der Waals surface area contributed by atoms with E-state index >= 15 is 0 Å². The standard InChI is InChI=1S/C26H40N2O4/c1-10-20(26(7,8)19-14-12-11-13-15-19)22(29)27-21(25(4,5)6)23(30)28(9)18(3)16-17(2)24(31)32/h11-16,18,20-21H,10H2,1-9H3,(H,27,29)(H,31,32)/b17-16+/t18-,20-,21+/m0/s1. The first-order valence-corrected chi connectivity index (χ1v) is 11.2. The predicted molar refractivity (Wildman–Crippen MR) is 128 cm³/mol. The van der Waals surface area contributed by atoms with Gasteiger partial charge in [-0.2, -0.15) is 0 Å². The van der Waals surface area contributed by atoms with Crippen molar-refractivity contribution in [1.82, 2.24) is 10.2 Å². The second-order valence-electron chi connectivity index (χ2n) is 10.2. The van der Waals surface area contributed by atoms with Gasteiger partial charge < -0.3 is 15.3 Å². The summed E-state index contributed by atoms with van der Waals surface area (Å²) in [5, 5.41) is 12.2. The Kier molecular flexibility index (Phi) is 9.24. The highest BCUT2D eigenvalue weighted by Crippen LogP contribution is 2.34. The quantitative estimate of drug-likeness (QED) is 0.553. The summed E-state index contributed by atoms with van der Waals surface area (Å²) in [6, 6.07) is 8.75. The van der Waals surface area contributed by atoms with Gasteiger partial charge in [-0.1, -0.05) is 78.0 Å². The molecule has 0 aliphatic carbocycles. The maximum atomic E-state index is 13.4. The van der Waals surface area contributed by atoms with E-state index in [4.69, 9.17) is 5.11 Å². The molecule has 0 saturated heterocycles. The SMILES string of the molecule is CC[C@@H](C(=O)N[C@H](C(=O)N(C)[C@@H](C)/C=C(\C)C(=O)O)C(C)(C)C)C(C)(C)c1ccccc1. The third-order valence-electron chi connectivity index (χ3n) is 6.30. The van der Waals surface area contributed by atoms with Gasteiger partial charge in [0, 0.05) is 30.0 Å². The van der Waals surface area contributed by atoms with E-state index in [9.17, 15) is 14.4 Å². The fourth-order valence-electron chi connectivity index (χ4n) is 3.93. The van der Waals surface area contributed by atoms with Crippen LogP contribution in [0.25, 0.3) is 0 Å². The topological polar surface area (TPSA) is 86.7 Å². The number of rotatable bonds is 9. The summed E-state index contributed by atoms with van der Waals surface area (Å²) in [5.41, 5.74) is 0.304. The molecule has 6 nitrogen and oxygen atoms in total. The number of benzene rings is 1. The minimum Gasteiger partial charge on any atom is -0.478 e. The average molecular weight is 445 g/mol. The molecule has 1 aromatic rings. The predicted octanol–water partition coefficient (Wildman–Crippen LogP) is 4.40. The smallest absolute Gasteiger partial charge is 0.331 e. The second-order valence-corrected chi connectivity index (χ2v) is 10.2. The lowest BCUT2D eigenvalue weighted by atomic mass is 9.71. The van der Waals surface area contributed by atoms with Crippen LogP contribution in [0.4, 0.5) is 0 Å². The highest BCUT2D eigenvalue weighted by molar-refractivity contribution is 5.90. The van der Waals surface area contributed by atoms with E-state index in [1.54, 1.807) is 14.0 Å². The summed E-state index contributed by atoms with van der Waals surface area (Å²) in [6.07, 6.45) is 2.17. The zero-order valence-electron chi connectivity index (χ0n) is 21.0. The highest BCUT2D eigenvalue weighted by atomic mass is 16.4. The maximum Gasteiger partial charge on any atom is 0.331 e. The van der Waals surface area contributed by atoms with Gasteiger partial charge in [0.05, 0.1) is 0 Å². The molecule has 3 atom stereocenters. The van der Waals surface area contributed by atoms with Crippen LogP contribution < -0.4 is 5.32 Å². The minimum atomic E-state index is -1.02. The van der Waals surface area contributed by atoms with Crippen LogP contribution in [0.3, 0.4) is 0 Å². The third kappa shape index (κ3) is 6.68. The number of hydrogen-bond donors (Lipinski definition) is 2. The number of hydrogen-bond acceptors (Lipinski definition) is 3. The van der Waals surface area contributed by atoms with Crippen molar-refractivity contribution in [2.24, 2.45) is 11.3 Å². The Bertz CT molecular complexity index is 837. The summed E-state index contributed by atoms with van der Waals surface area (Å²) >= 11 is 0. The van der Waals surface area contributed by atoms with Gasteiger partial charge in [0.1, 0.15) is 6.04 Å². The molecule has 0 aromatic heterocycles. The Morgan fingerprint density at radius 1 is 1.09 bits per heavy atom. The molecule has 0 unspecified atom stereocenters. The lowest BCUT2D eigenvalue weighted by Gasteiger charge is -2.38. The molecule has 0 bridgehead atoms. The van der Waals surface area contributed by atoms with Crippen LogP contribution in [0.5, 0.6) is 0 Å². The van der Waals surface area contributed by atoms with Gasteiger partial charge >= 0.3 is 5.97 Å². The normalized spacial score (nSPS) is 15.5. The molecule has 32 heavy (non-hydrogen) atoms. The number of nitrogens with zero attached hydrogens (tertiary/aromatic N) is 1. The number of carboxylic acid groups (broad SMARTS) is 1. The van der Waals surface area contributed by atoms with Crippen LogP contribution in [-0.2, 0) is 19.8 Å². The van der Waals surface area contributed by atoms with E-state index in [1.165, 1.54) is 17.9 Å². The Hall–Kier alpha value is -2.63. The van der Waals surface area contributed by atoms with Crippen LogP contribution in [0, 0.1) is 11.3 Å². The molecule has 0 heterocycles. The molecular formula is C26H40N2O4. The van der Waals surface area contributed by atoms with Gasteiger partial charge in [-0.3, -0.25) is 9.59 Å². The van der Waals surface area contributed by atoms with Crippen LogP contribution in [0.2, 0.25) is 0 Å². The van der Waals surface area contributed by atoms with Crippen LogP contribution >= 0.6 is 0 Å². The molecule has 6 heteroatoms. The summed E-state index contributed by atoms with van der Waals surface area (Å²) < 4.78 is 0. The van der Waals surface area contributed by atoms with E-state index in [0.29, 0.717) is 6.42 Å². The first-order valence-electron chi connectivity index (χ1n) is 11.2. The summed E-state index contributed by atoms with van der Waals surface area (Å²) in [4.78, 5) is 39.5. The lowest BCUT2D eigenvalue weighted by molar-refractivity contribution is -0.141. The third-order valence-corrected chi connectivity index (χ3v) is 6.30. The van der Waals surface area contributed by atoms with Crippen LogP contribution in [0.1, 0.15) is 67.4 Å². The molecule has 0 radical (unpaired) electrons. The second kappa shape index (κ2) is 10.8. The first kappa shape index (κ1) is 27.4. The zero-order valence-corrected chi connectivity index (χ0v) is 21.0.